The molecular weight excluding hydrogens is 312 g/mol. The molecule has 0 spiro atoms. The number of rotatable bonds is 4. The molecule has 6 heteroatoms. The van der Waals surface area contributed by atoms with Crippen LogP contribution in [-0.4, -0.2) is 11.1 Å². The average molecular weight is 319 g/mol. The molecule has 16 heavy (non-hydrogen) atoms. The number of carbonyl (C=O) groups is 1. The maximum Gasteiger partial charge on any atom is 0.345 e. The summed E-state index contributed by atoms with van der Waals surface area (Å²) in [6, 6.07) is 5.41. The minimum atomic E-state index is -0.877. The van der Waals surface area contributed by atoms with Crippen LogP contribution in [0.4, 0.5) is 0 Å². The Morgan fingerprint density at radius 2 is 2.38 bits per heavy atom. The van der Waals surface area contributed by atoms with Crippen molar-refractivity contribution in [2.75, 3.05) is 0 Å². The Bertz CT molecular complexity index is 504. The van der Waals surface area contributed by atoms with Gasteiger partial charge in [-0.3, -0.25) is 0 Å². The molecule has 0 aliphatic carbocycles. The van der Waals surface area contributed by atoms with Crippen LogP contribution in [-0.2, 0) is 5.75 Å². The standard InChI is InChI=1S/C10H7BrO3S2/c11-9-2-1-6(14-9)4-15-7-3-8(10(12)13)16-5-7/h1-3,5H,4H2,(H,12,13). The number of thiophene rings is 1. The molecule has 0 fully saturated rings. The molecule has 2 aromatic rings. The van der Waals surface area contributed by atoms with E-state index in [0.29, 0.717) is 15.3 Å². The van der Waals surface area contributed by atoms with Crippen LogP contribution in [0.5, 0.6) is 0 Å². The van der Waals surface area contributed by atoms with Gasteiger partial charge in [0, 0.05) is 10.3 Å². The largest absolute Gasteiger partial charge is 0.477 e. The molecule has 2 aromatic heterocycles. The predicted octanol–water partition coefficient (Wildman–Crippen LogP) is 4.09. The molecule has 2 heterocycles. The highest BCUT2D eigenvalue weighted by Crippen LogP contribution is 2.28. The van der Waals surface area contributed by atoms with Crippen LogP contribution in [0, 0.1) is 0 Å². The average Bonchev–Trinajstić information content (AvgIpc) is 2.83. The quantitative estimate of drug-likeness (QED) is 0.862. The van der Waals surface area contributed by atoms with E-state index < -0.39 is 5.97 Å². The minimum Gasteiger partial charge on any atom is -0.477 e. The van der Waals surface area contributed by atoms with Crippen molar-refractivity contribution in [3.63, 3.8) is 0 Å². The zero-order chi connectivity index (χ0) is 11.5. The lowest BCUT2D eigenvalue weighted by molar-refractivity contribution is 0.0702. The second kappa shape index (κ2) is 5.07. The van der Waals surface area contributed by atoms with Crippen molar-refractivity contribution in [1.82, 2.24) is 0 Å². The van der Waals surface area contributed by atoms with Gasteiger partial charge in [0.2, 0.25) is 0 Å². The van der Waals surface area contributed by atoms with Crippen molar-refractivity contribution in [1.29, 1.82) is 0 Å². The van der Waals surface area contributed by atoms with Crippen LogP contribution in [0.25, 0.3) is 0 Å². The van der Waals surface area contributed by atoms with Gasteiger partial charge in [-0.25, -0.2) is 4.79 Å². The lowest BCUT2D eigenvalue weighted by Gasteiger charge is -1.94. The number of aromatic carboxylic acids is 1. The van der Waals surface area contributed by atoms with E-state index in [0.717, 1.165) is 10.7 Å². The van der Waals surface area contributed by atoms with Crippen LogP contribution in [0.2, 0.25) is 0 Å². The fourth-order valence-electron chi connectivity index (χ4n) is 1.09. The third-order valence-electron chi connectivity index (χ3n) is 1.80. The molecule has 0 aliphatic rings. The van der Waals surface area contributed by atoms with Gasteiger partial charge in [0.25, 0.3) is 0 Å². The molecule has 0 bridgehead atoms. The topological polar surface area (TPSA) is 50.4 Å². The summed E-state index contributed by atoms with van der Waals surface area (Å²) in [6.07, 6.45) is 0. The van der Waals surface area contributed by atoms with E-state index in [1.807, 2.05) is 17.5 Å². The number of halogens is 1. The van der Waals surface area contributed by atoms with Gasteiger partial charge in [0.15, 0.2) is 4.67 Å². The molecule has 0 radical (unpaired) electrons. The van der Waals surface area contributed by atoms with Crippen LogP contribution in [0.1, 0.15) is 15.4 Å². The van der Waals surface area contributed by atoms with Crippen molar-refractivity contribution in [3.05, 3.63) is 38.9 Å². The monoisotopic (exact) mass is 318 g/mol. The van der Waals surface area contributed by atoms with E-state index in [4.69, 9.17) is 9.52 Å². The lowest BCUT2D eigenvalue weighted by Crippen LogP contribution is -1.89. The van der Waals surface area contributed by atoms with Gasteiger partial charge in [0.05, 0.1) is 5.75 Å². The van der Waals surface area contributed by atoms with Gasteiger partial charge in [-0.2, -0.15) is 0 Å². The molecule has 3 nitrogen and oxygen atoms in total. The summed E-state index contributed by atoms with van der Waals surface area (Å²) >= 11 is 6.03. The Hall–Kier alpha value is -0.720. The summed E-state index contributed by atoms with van der Waals surface area (Å²) in [4.78, 5) is 12.0. The van der Waals surface area contributed by atoms with Gasteiger partial charge < -0.3 is 9.52 Å². The summed E-state index contributed by atoms with van der Waals surface area (Å²) in [5.41, 5.74) is 0. The van der Waals surface area contributed by atoms with Gasteiger partial charge in [-0.05, 0) is 34.1 Å². The second-order valence-corrected chi connectivity index (χ2v) is 5.69. The van der Waals surface area contributed by atoms with Gasteiger partial charge in [-0.15, -0.1) is 23.1 Å². The summed E-state index contributed by atoms with van der Waals surface area (Å²) in [6.45, 7) is 0. The molecule has 0 saturated carbocycles. The van der Waals surface area contributed by atoms with Gasteiger partial charge in [-0.1, -0.05) is 0 Å². The molecule has 0 aliphatic heterocycles. The molecule has 0 unspecified atom stereocenters. The van der Waals surface area contributed by atoms with Crippen LogP contribution >= 0.6 is 39.0 Å². The predicted molar refractivity (Wildman–Crippen MR) is 67.2 cm³/mol. The number of carboxylic acids is 1. The van der Waals surface area contributed by atoms with Crippen molar-refractivity contribution in [3.8, 4) is 0 Å². The molecular formula is C10H7BrO3S2. The van der Waals surface area contributed by atoms with E-state index in [-0.39, 0.29) is 0 Å². The first-order chi connectivity index (χ1) is 7.65. The molecule has 0 saturated heterocycles. The SMILES string of the molecule is O=C(O)c1cc(SCc2ccc(Br)o2)cs1. The fourth-order valence-corrected chi connectivity index (χ4v) is 3.19. The molecule has 0 atom stereocenters. The lowest BCUT2D eigenvalue weighted by atomic mass is 10.5. The number of carboxylic acid groups (broad SMARTS) is 1. The van der Waals surface area contributed by atoms with Gasteiger partial charge in [0.1, 0.15) is 10.6 Å². The highest BCUT2D eigenvalue weighted by Gasteiger charge is 2.08. The zero-order valence-corrected chi connectivity index (χ0v) is 11.2. The maximum absolute atomic E-state index is 10.7. The van der Waals surface area contributed by atoms with Crippen LogP contribution in [0.15, 0.2) is 37.6 Å². The molecule has 0 aromatic carbocycles. The van der Waals surface area contributed by atoms with Crippen molar-refractivity contribution < 1.29 is 14.3 Å². The van der Waals surface area contributed by atoms with Crippen LogP contribution < -0.4 is 0 Å². The van der Waals surface area contributed by atoms with E-state index in [9.17, 15) is 4.79 Å². The maximum atomic E-state index is 10.7. The van der Waals surface area contributed by atoms with Crippen LogP contribution in [0.3, 0.4) is 0 Å². The molecule has 84 valence electrons. The number of thioether (sulfide) groups is 1. The summed E-state index contributed by atoms with van der Waals surface area (Å²) in [7, 11) is 0. The van der Waals surface area contributed by atoms with Gasteiger partial charge >= 0.3 is 5.97 Å². The third-order valence-corrected chi connectivity index (χ3v) is 4.29. The normalized spacial score (nSPS) is 10.6. The number of furan rings is 1. The van der Waals surface area contributed by atoms with Crippen molar-refractivity contribution >= 4 is 45.0 Å². The molecule has 0 amide bonds. The first-order valence-corrected chi connectivity index (χ1v) is 7.00. The highest BCUT2D eigenvalue weighted by molar-refractivity contribution is 9.10. The molecule has 1 N–H and O–H groups in total. The first-order valence-electron chi connectivity index (χ1n) is 4.34. The van der Waals surface area contributed by atoms with Crippen molar-refractivity contribution in [2.24, 2.45) is 0 Å². The van der Waals surface area contributed by atoms with E-state index in [2.05, 4.69) is 15.9 Å². The smallest absolute Gasteiger partial charge is 0.345 e. The first kappa shape index (κ1) is 11.8. The fraction of sp³-hybridized carbons (Fsp3) is 0.100. The van der Waals surface area contributed by atoms with Crippen molar-refractivity contribution in [2.45, 2.75) is 10.6 Å². The minimum absolute atomic E-state index is 0.364. The Labute approximate surface area is 109 Å². The molecule has 2 rings (SSSR count). The number of hydrogen-bond acceptors (Lipinski definition) is 4. The third kappa shape index (κ3) is 2.90. The van der Waals surface area contributed by atoms with E-state index in [1.54, 1.807) is 17.8 Å². The number of hydrogen-bond donors (Lipinski definition) is 1. The zero-order valence-electron chi connectivity index (χ0n) is 7.97. The van der Waals surface area contributed by atoms with E-state index >= 15 is 0 Å². The summed E-state index contributed by atoms with van der Waals surface area (Å²) in [5, 5.41) is 10.6. The Morgan fingerprint density at radius 1 is 1.56 bits per heavy atom. The Kier molecular flexibility index (Phi) is 3.73. The second-order valence-electron chi connectivity index (χ2n) is 2.95. The Balaban J connectivity index is 1.97. The summed E-state index contributed by atoms with van der Waals surface area (Å²) < 4.78 is 6.05. The van der Waals surface area contributed by atoms with E-state index in [1.165, 1.54) is 11.3 Å². The Morgan fingerprint density at radius 3 is 2.94 bits per heavy atom. The highest BCUT2D eigenvalue weighted by atomic mass is 79.9. The summed E-state index contributed by atoms with van der Waals surface area (Å²) in [5.74, 6) is 0.680.